The van der Waals surface area contributed by atoms with Crippen LogP contribution in [0.5, 0.6) is 5.75 Å². The van der Waals surface area contributed by atoms with Crippen LogP contribution in [0.3, 0.4) is 0 Å². The van der Waals surface area contributed by atoms with E-state index >= 15 is 0 Å². The van der Waals surface area contributed by atoms with E-state index in [0.29, 0.717) is 10.7 Å². The molecule has 0 aromatic heterocycles. The van der Waals surface area contributed by atoms with Gasteiger partial charge in [-0.15, -0.1) is 0 Å². The van der Waals surface area contributed by atoms with Gasteiger partial charge < -0.3 is 14.8 Å². The lowest BCUT2D eigenvalue weighted by Crippen LogP contribution is -2.21. The molecule has 9 heteroatoms. The van der Waals surface area contributed by atoms with Crippen molar-refractivity contribution in [3.63, 3.8) is 0 Å². The number of carbonyl (C=O) groups is 2. The molecule has 0 spiro atoms. The van der Waals surface area contributed by atoms with Crippen LogP contribution in [0.15, 0.2) is 42.5 Å². The van der Waals surface area contributed by atoms with Gasteiger partial charge in [0.05, 0.1) is 10.6 Å². The number of rotatable bonds is 6. The second-order valence-electron chi connectivity index (χ2n) is 4.65. The van der Waals surface area contributed by atoms with Crippen LogP contribution in [0.1, 0.15) is 10.4 Å². The van der Waals surface area contributed by atoms with Crippen molar-refractivity contribution in [1.29, 1.82) is 0 Å². The summed E-state index contributed by atoms with van der Waals surface area (Å²) in [5.41, 5.74) is 0.360. The molecule has 0 unspecified atom stereocenters. The Morgan fingerprint density at radius 3 is 2.40 bits per heavy atom. The maximum atomic E-state index is 12.0. The van der Waals surface area contributed by atoms with Crippen molar-refractivity contribution in [1.82, 2.24) is 0 Å². The zero-order chi connectivity index (χ0) is 18.4. The van der Waals surface area contributed by atoms with Gasteiger partial charge in [0.1, 0.15) is 5.75 Å². The van der Waals surface area contributed by atoms with Gasteiger partial charge in [0.2, 0.25) is 0 Å². The molecular formula is C16H11Cl2F2NO4. The third-order valence-corrected chi connectivity index (χ3v) is 3.41. The van der Waals surface area contributed by atoms with Gasteiger partial charge >= 0.3 is 12.6 Å². The number of halogens is 4. The van der Waals surface area contributed by atoms with E-state index in [-0.39, 0.29) is 16.3 Å². The van der Waals surface area contributed by atoms with Gasteiger partial charge in [-0.2, -0.15) is 8.78 Å². The fraction of sp³-hybridized carbons (Fsp3) is 0.125. The Morgan fingerprint density at radius 2 is 1.76 bits per heavy atom. The average Bonchev–Trinajstić information content (AvgIpc) is 2.56. The highest BCUT2D eigenvalue weighted by molar-refractivity contribution is 6.35. The van der Waals surface area contributed by atoms with Crippen LogP contribution in [0, 0.1) is 0 Å². The molecule has 0 aliphatic carbocycles. The van der Waals surface area contributed by atoms with E-state index in [1.807, 2.05) is 0 Å². The highest BCUT2D eigenvalue weighted by Gasteiger charge is 2.14. The quantitative estimate of drug-likeness (QED) is 0.744. The topological polar surface area (TPSA) is 64.6 Å². The highest BCUT2D eigenvalue weighted by atomic mass is 35.5. The maximum Gasteiger partial charge on any atom is 0.387 e. The first-order valence-electron chi connectivity index (χ1n) is 6.82. The van der Waals surface area contributed by atoms with Crippen molar-refractivity contribution in [3.05, 3.63) is 58.1 Å². The zero-order valence-corrected chi connectivity index (χ0v) is 14.0. The summed E-state index contributed by atoms with van der Waals surface area (Å²) in [4.78, 5) is 23.7. The summed E-state index contributed by atoms with van der Waals surface area (Å²) in [6.45, 7) is -3.49. The van der Waals surface area contributed by atoms with E-state index in [9.17, 15) is 18.4 Å². The first-order chi connectivity index (χ1) is 11.8. The van der Waals surface area contributed by atoms with Gasteiger partial charge in [-0.25, -0.2) is 4.79 Å². The molecule has 2 aromatic carbocycles. The molecule has 0 heterocycles. The SMILES string of the molecule is O=C(COC(=O)c1cc(Cl)ccc1Cl)Nc1ccc(OC(F)F)cc1. The Labute approximate surface area is 151 Å². The molecule has 5 nitrogen and oxygen atoms in total. The molecule has 25 heavy (non-hydrogen) atoms. The second kappa shape index (κ2) is 8.64. The molecule has 132 valence electrons. The first-order valence-corrected chi connectivity index (χ1v) is 7.57. The number of benzene rings is 2. The monoisotopic (exact) mass is 389 g/mol. The number of esters is 1. The largest absolute Gasteiger partial charge is 0.452 e. The molecule has 1 amide bonds. The summed E-state index contributed by atoms with van der Waals surface area (Å²) in [5.74, 6) is -1.47. The van der Waals surface area contributed by atoms with E-state index < -0.39 is 25.1 Å². The Balaban J connectivity index is 1.88. The van der Waals surface area contributed by atoms with Gasteiger partial charge in [-0.05, 0) is 42.5 Å². The lowest BCUT2D eigenvalue weighted by molar-refractivity contribution is -0.119. The summed E-state index contributed by atoms with van der Waals surface area (Å²) >= 11 is 11.6. The number of nitrogens with one attached hydrogen (secondary N) is 1. The number of carbonyl (C=O) groups excluding carboxylic acids is 2. The van der Waals surface area contributed by atoms with Crippen molar-refractivity contribution >= 4 is 40.8 Å². The summed E-state index contributed by atoms with van der Waals surface area (Å²) in [6.07, 6.45) is 0. The average molecular weight is 390 g/mol. The molecule has 1 N–H and O–H groups in total. The van der Waals surface area contributed by atoms with Gasteiger partial charge in [0.15, 0.2) is 6.61 Å². The van der Waals surface area contributed by atoms with Crippen LogP contribution in [0.4, 0.5) is 14.5 Å². The van der Waals surface area contributed by atoms with Crippen molar-refractivity contribution in [2.24, 2.45) is 0 Å². The normalized spacial score (nSPS) is 10.4. The molecule has 0 bridgehead atoms. The van der Waals surface area contributed by atoms with Crippen molar-refractivity contribution in [2.75, 3.05) is 11.9 Å². The van der Waals surface area contributed by atoms with Crippen LogP contribution in [0.25, 0.3) is 0 Å². The number of anilines is 1. The van der Waals surface area contributed by atoms with Gasteiger partial charge in [-0.3, -0.25) is 4.79 Å². The predicted molar refractivity (Wildman–Crippen MR) is 88.4 cm³/mol. The predicted octanol–water partition coefficient (Wildman–Crippen LogP) is 4.39. The molecular weight excluding hydrogens is 379 g/mol. The molecule has 0 saturated heterocycles. The van der Waals surface area contributed by atoms with Crippen LogP contribution in [-0.2, 0) is 9.53 Å². The Hall–Kier alpha value is -2.38. The minimum atomic E-state index is -2.93. The molecule has 0 atom stereocenters. The number of alkyl halides is 2. The third kappa shape index (κ3) is 5.88. The maximum absolute atomic E-state index is 12.0. The number of amides is 1. The minimum Gasteiger partial charge on any atom is -0.452 e. The van der Waals surface area contributed by atoms with Crippen LogP contribution < -0.4 is 10.1 Å². The van der Waals surface area contributed by atoms with Gasteiger partial charge in [-0.1, -0.05) is 23.2 Å². The van der Waals surface area contributed by atoms with Gasteiger partial charge in [0.25, 0.3) is 5.91 Å². The molecule has 0 radical (unpaired) electrons. The molecule has 0 saturated carbocycles. The lowest BCUT2D eigenvalue weighted by Gasteiger charge is -2.09. The van der Waals surface area contributed by atoms with E-state index in [1.165, 1.54) is 42.5 Å². The van der Waals surface area contributed by atoms with Crippen LogP contribution in [-0.4, -0.2) is 25.1 Å². The fourth-order valence-corrected chi connectivity index (χ4v) is 2.15. The standard InChI is InChI=1S/C16H11Cl2F2NO4/c17-9-1-6-13(18)12(7-9)15(23)24-8-14(22)21-10-2-4-11(5-3-10)25-16(19)20/h1-7,16H,8H2,(H,21,22). The molecule has 0 fully saturated rings. The first kappa shape index (κ1) is 19.0. The van der Waals surface area contributed by atoms with Crippen molar-refractivity contribution < 1.29 is 27.8 Å². The molecule has 2 aromatic rings. The zero-order valence-electron chi connectivity index (χ0n) is 12.5. The lowest BCUT2D eigenvalue weighted by atomic mass is 10.2. The van der Waals surface area contributed by atoms with E-state index in [0.717, 1.165) is 0 Å². The summed E-state index contributed by atoms with van der Waals surface area (Å²) in [6, 6.07) is 9.53. The van der Waals surface area contributed by atoms with Gasteiger partial charge in [0, 0.05) is 10.7 Å². The summed E-state index contributed by atoms with van der Waals surface area (Å²) in [5, 5.41) is 2.88. The number of hydrogen-bond donors (Lipinski definition) is 1. The highest BCUT2D eigenvalue weighted by Crippen LogP contribution is 2.21. The van der Waals surface area contributed by atoms with Crippen LogP contribution in [0.2, 0.25) is 10.0 Å². The van der Waals surface area contributed by atoms with Crippen LogP contribution >= 0.6 is 23.2 Å². The summed E-state index contributed by atoms with van der Waals surface area (Å²) < 4.78 is 33.1. The Kier molecular flexibility index (Phi) is 6.55. The minimum absolute atomic E-state index is 0.0375. The fourth-order valence-electron chi connectivity index (χ4n) is 1.78. The number of ether oxygens (including phenoxy) is 2. The summed E-state index contributed by atoms with van der Waals surface area (Å²) in [7, 11) is 0. The third-order valence-electron chi connectivity index (χ3n) is 2.85. The van der Waals surface area contributed by atoms with E-state index in [4.69, 9.17) is 27.9 Å². The van der Waals surface area contributed by atoms with Crippen molar-refractivity contribution in [3.8, 4) is 5.75 Å². The molecule has 0 aliphatic heterocycles. The van der Waals surface area contributed by atoms with Crippen molar-refractivity contribution in [2.45, 2.75) is 6.61 Å². The Morgan fingerprint density at radius 1 is 1.08 bits per heavy atom. The smallest absolute Gasteiger partial charge is 0.387 e. The molecule has 0 aliphatic rings. The molecule has 2 rings (SSSR count). The second-order valence-corrected chi connectivity index (χ2v) is 5.49. The van der Waals surface area contributed by atoms with E-state index in [2.05, 4.69) is 10.1 Å². The number of hydrogen-bond acceptors (Lipinski definition) is 4. The Bertz CT molecular complexity index is 769. The van der Waals surface area contributed by atoms with E-state index in [1.54, 1.807) is 0 Å².